The van der Waals surface area contributed by atoms with Crippen LogP contribution in [0.3, 0.4) is 0 Å². The normalized spacial score (nSPS) is 12.6. The fraction of sp³-hybridized carbons (Fsp3) is 0.308. The van der Waals surface area contributed by atoms with Gasteiger partial charge in [-0.15, -0.1) is 0 Å². The van der Waals surface area contributed by atoms with Crippen LogP contribution in [0.5, 0.6) is 0 Å². The number of hydrogen-bond acceptors (Lipinski definition) is 2. The summed E-state index contributed by atoms with van der Waals surface area (Å²) in [5.41, 5.74) is 6.51. The summed E-state index contributed by atoms with van der Waals surface area (Å²) in [6.07, 6.45) is 4.17. The Hall–Kier alpha value is -1.61. The van der Waals surface area contributed by atoms with E-state index < -0.39 is 0 Å². The van der Waals surface area contributed by atoms with E-state index in [1.165, 1.54) is 6.08 Å². The highest BCUT2D eigenvalue weighted by atomic mass is 16.1. The van der Waals surface area contributed by atoms with E-state index >= 15 is 0 Å². The van der Waals surface area contributed by atoms with Gasteiger partial charge in [-0.1, -0.05) is 37.3 Å². The minimum Gasteiger partial charge on any atom is -0.349 e. The third-order valence-electron chi connectivity index (χ3n) is 2.35. The fourth-order valence-corrected chi connectivity index (χ4v) is 1.31. The van der Waals surface area contributed by atoms with Gasteiger partial charge in [0.05, 0.1) is 0 Å². The van der Waals surface area contributed by atoms with Crippen molar-refractivity contribution in [2.75, 3.05) is 6.54 Å². The maximum atomic E-state index is 11.5. The summed E-state index contributed by atoms with van der Waals surface area (Å²) in [6, 6.07) is 9.78. The highest BCUT2D eigenvalue weighted by Gasteiger charge is 2.04. The maximum Gasteiger partial charge on any atom is 0.244 e. The van der Waals surface area contributed by atoms with Crippen LogP contribution in [-0.4, -0.2) is 18.5 Å². The number of amides is 1. The van der Waals surface area contributed by atoms with Gasteiger partial charge >= 0.3 is 0 Å². The van der Waals surface area contributed by atoms with Crippen molar-refractivity contribution in [3.63, 3.8) is 0 Å². The van der Waals surface area contributed by atoms with Crippen molar-refractivity contribution in [2.24, 2.45) is 5.73 Å². The van der Waals surface area contributed by atoms with Crippen LogP contribution in [0.2, 0.25) is 0 Å². The lowest BCUT2D eigenvalue weighted by molar-refractivity contribution is -0.117. The summed E-state index contributed by atoms with van der Waals surface area (Å²) >= 11 is 0. The van der Waals surface area contributed by atoms with Crippen LogP contribution >= 0.6 is 0 Å². The van der Waals surface area contributed by atoms with Crippen LogP contribution in [0, 0.1) is 0 Å². The second-order valence-corrected chi connectivity index (χ2v) is 3.59. The first-order chi connectivity index (χ1) is 7.76. The Morgan fingerprint density at radius 1 is 1.44 bits per heavy atom. The number of nitrogens with one attached hydrogen (secondary N) is 1. The van der Waals surface area contributed by atoms with Gasteiger partial charge in [-0.25, -0.2) is 0 Å². The van der Waals surface area contributed by atoms with Gasteiger partial charge < -0.3 is 11.1 Å². The van der Waals surface area contributed by atoms with E-state index in [1.807, 2.05) is 37.3 Å². The molecule has 3 N–H and O–H groups in total. The molecule has 1 amide bonds. The summed E-state index contributed by atoms with van der Waals surface area (Å²) in [6.45, 7) is 2.47. The van der Waals surface area contributed by atoms with Crippen LogP contribution < -0.4 is 11.1 Å². The topological polar surface area (TPSA) is 55.1 Å². The molecule has 0 saturated heterocycles. The van der Waals surface area contributed by atoms with Crippen molar-refractivity contribution in [3.8, 4) is 0 Å². The number of rotatable bonds is 5. The number of hydrogen-bond donors (Lipinski definition) is 2. The summed E-state index contributed by atoms with van der Waals surface area (Å²) in [4.78, 5) is 11.5. The molecule has 0 aliphatic heterocycles. The molecule has 16 heavy (non-hydrogen) atoms. The summed E-state index contributed by atoms with van der Waals surface area (Å²) in [5.74, 6) is -0.0962. The minimum absolute atomic E-state index is 0.0629. The molecule has 0 heterocycles. The van der Waals surface area contributed by atoms with Gasteiger partial charge in [0.1, 0.15) is 0 Å². The molecule has 1 aromatic carbocycles. The molecule has 1 aromatic rings. The second-order valence-electron chi connectivity index (χ2n) is 3.59. The predicted octanol–water partition coefficient (Wildman–Crippen LogP) is 1.55. The van der Waals surface area contributed by atoms with Crippen molar-refractivity contribution >= 4 is 12.0 Å². The summed E-state index contributed by atoms with van der Waals surface area (Å²) in [5, 5.41) is 2.84. The third kappa shape index (κ3) is 4.28. The van der Waals surface area contributed by atoms with Crippen molar-refractivity contribution in [1.82, 2.24) is 5.32 Å². The average molecular weight is 218 g/mol. The number of nitrogens with two attached hydrogens (primary N) is 1. The largest absolute Gasteiger partial charge is 0.349 e. The molecule has 1 atom stereocenters. The lowest BCUT2D eigenvalue weighted by Crippen LogP contribution is -2.38. The van der Waals surface area contributed by atoms with Crippen LogP contribution in [-0.2, 0) is 4.79 Å². The molecular formula is C13H18N2O. The van der Waals surface area contributed by atoms with Crippen molar-refractivity contribution < 1.29 is 4.79 Å². The Kier molecular flexibility index (Phi) is 5.29. The molecule has 3 heteroatoms. The van der Waals surface area contributed by atoms with E-state index in [2.05, 4.69) is 5.32 Å². The molecule has 0 aliphatic carbocycles. The second kappa shape index (κ2) is 6.80. The summed E-state index contributed by atoms with van der Waals surface area (Å²) in [7, 11) is 0. The molecule has 1 rings (SSSR count). The van der Waals surface area contributed by atoms with Gasteiger partial charge in [0.15, 0.2) is 0 Å². The van der Waals surface area contributed by atoms with Gasteiger partial charge in [0.25, 0.3) is 0 Å². The van der Waals surface area contributed by atoms with Gasteiger partial charge in [-0.05, 0) is 18.1 Å². The number of carbonyl (C=O) groups excluding carboxylic acids is 1. The zero-order valence-electron chi connectivity index (χ0n) is 9.52. The number of benzene rings is 1. The predicted molar refractivity (Wildman–Crippen MR) is 66.8 cm³/mol. The Bertz CT molecular complexity index is 342. The Morgan fingerprint density at radius 2 is 2.12 bits per heavy atom. The molecule has 1 unspecified atom stereocenters. The molecule has 0 spiro atoms. The van der Waals surface area contributed by atoms with Crippen molar-refractivity contribution in [3.05, 3.63) is 42.0 Å². The molecule has 0 aliphatic rings. The molecule has 0 radical (unpaired) electrons. The van der Waals surface area contributed by atoms with E-state index in [4.69, 9.17) is 5.73 Å². The molecule has 0 saturated carbocycles. The van der Waals surface area contributed by atoms with Crippen molar-refractivity contribution in [1.29, 1.82) is 0 Å². The highest BCUT2D eigenvalue weighted by molar-refractivity contribution is 5.91. The van der Waals surface area contributed by atoms with E-state index in [1.54, 1.807) is 6.08 Å². The average Bonchev–Trinajstić information content (AvgIpc) is 2.34. The van der Waals surface area contributed by atoms with Gasteiger partial charge in [-0.3, -0.25) is 4.79 Å². The first kappa shape index (κ1) is 12.5. The zero-order chi connectivity index (χ0) is 11.8. The van der Waals surface area contributed by atoms with Gasteiger partial charge in [0, 0.05) is 18.7 Å². The van der Waals surface area contributed by atoms with Gasteiger partial charge in [-0.2, -0.15) is 0 Å². The quantitative estimate of drug-likeness (QED) is 0.737. The third-order valence-corrected chi connectivity index (χ3v) is 2.35. The Morgan fingerprint density at radius 3 is 2.69 bits per heavy atom. The first-order valence-corrected chi connectivity index (χ1v) is 5.50. The maximum absolute atomic E-state index is 11.5. The van der Waals surface area contributed by atoms with E-state index in [0.29, 0.717) is 6.54 Å². The van der Waals surface area contributed by atoms with Crippen LogP contribution in [0.25, 0.3) is 6.08 Å². The molecule has 0 fully saturated rings. The SMILES string of the molecule is CCC(CN)NC(=O)/C=C/c1ccccc1. The highest BCUT2D eigenvalue weighted by Crippen LogP contribution is 2.00. The van der Waals surface area contributed by atoms with Crippen LogP contribution in [0.1, 0.15) is 18.9 Å². The molecular weight excluding hydrogens is 200 g/mol. The van der Waals surface area contributed by atoms with Crippen LogP contribution in [0.4, 0.5) is 0 Å². The van der Waals surface area contributed by atoms with E-state index in [0.717, 1.165) is 12.0 Å². The number of carbonyl (C=O) groups is 1. The lowest BCUT2D eigenvalue weighted by atomic mass is 10.2. The molecule has 3 nitrogen and oxygen atoms in total. The van der Waals surface area contributed by atoms with Gasteiger partial charge in [0.2, 0.25) is 5.91 Å². The monoisotopic (exact) mass is 218 g/mol. The van der Waals surface area contributed by atoms with E-state index in [-0.39, 0.29) is 11.9 Å². The zero-order valence-corrected chi connectivity index (χ0v) is 9.52. The van der Waals surface area contributed by atoms with Crippen molar-refractivity contribution in [2.45, 2.75) is 19.4 Å². The molecule has 0 bridgehead atoms. The standard InChI is InChI=1S/C13H18N2O/c1-2-12(10-14)15-13(16)9-8-11-6-4-3-5-7-11/h3-9,12H,2,10,14H2,1H3,(H,15,16)/b9-8+. The summed E-state index contributed by atoms with van der Waals surface area (Å²) < 4.78 is 0. The van der Waals surface area contributed by atoms with Crippen LogP contribution in [0.15, 0.2) is 36.4 Å². The molecule has 86 valence electrons. The Balaban J connectivity index is 2.48. The lowest BCUT2D eigenvalue weighted by Gasteiger charge is -2.12. The van der Waals surface area contributed by atoms with E-state index in [9.17, 15) is 4.79 Å². The Labute approximate surface area is 96.3 Å². The fourth-order valence-electron chi connectivity index (χ4n) is 1.31. The molecule has 0 aromatic heterocycles. The first-order valence-electron chi connectivity index (χ1n) is 5.50. The smallest absolute Gasteiger partial charge is 0.244 e. The minimum atomic E-state index is -0.0962.